The van der Waals surface area contributed by atoms with Gasteiger partial charge < -0.3 is 4.74 Å². The van der Waals surface area contributed by atoms with Gasteiger partial charge in [-0.1, -0.05) is 12.8 Å². The fraction of sp³-hybridized carbons (Fsp3) is 0.929. The lowest BCUT2D eigenvalue weighted by molar-refractivity contribution is -0.142. The van der Waals surface area contributed by atoms with Gasteiger partial charge in [0.25, 0.3) is 0 Å². The highest BCUT2D eigenvalue weighted by Gasteiger charge is 2.40. The van der Waals surface area contributed by atoms with Crippen molar-refractivity contribution in [2.75, 3.05) is 20.2 Å². The Labute approximate surface area is 113 Å². The standard InChI is InChI=1S/C14H23F2NO2/c1-19-13(18)10-17(12-4-2-3-5-12)9-11-6-7-14(15,16)8-11/h11-12H,2-10H2,1H3. The van der Waals surface area contributed by atoms with Crippen LogP contribution >= 0.6 is 0 Å². The Balaban J connectivity index is 1.91. The molecule has 1 unspecified atom stereocenters. The first-order valence-corrected chi connectivity index (χ1v) is 7.19. The van der Waals surface area contributed by atoms with Crippen molar-refractivity contribution < 1.29 is 18.3 Å². The summed E-state index contributed by atoms with van der Waals surface area (Å²) in [5, 5.41) is 0. The summed E-state index contributed by atoms with van der Waals surface area (Å²) in [6.07, 6.45) is 5.01. The number of hydrogen-bond donors (Lipinski definition) is 0. The lowest BCUT2D eigenvalue weighted by atomic mass is 10.1. The number of nitrogens with zero attached hydrogens (tertiary/aromatic N) is 1. The van der Waals surface area contributed by atoms with Crippen LogP contribution < -0.4 is 0 Å². The topological polar surface area (TPSA) is 29.5 Å². The highest BCUT2D eigenvalue weighted by atomic mass is 19.3. The Morgan fingerprint density at radius 3 is 2.53 bits per heavy atom. The molecule has 0 aromatic rings. The minimum Gasteiger partial charge on any atom is -0.468 e. The first-order valence-electron chi connectivity index (χ1n) is 7.19. The molecular weight excluding hydrogens is 252 g/mol. The molecule has 1 atom stereocenters. The van der Waals surface area contributed by atoms with E-state index in [1.54, 1.807) is 0 Å². The van der Waals surface area contributed by atoms with Crippen LogP contribution in [-0.2, 0) is 9.53 Å². The quantitative estimate of drug-likeness (QED) is 0.723. The Kier molecular flexibility index (Phi) is 4.76. The van der Waals surface area contributed by atoms with E-state index in [9.17, 15) is 13.6 Å². The van der Waals surface area contributed by atoms with Gasteiger partial charge in [0.2, 0.25) is 5.92 Å². The summed E-state index contributed by atoms with van der Waals surface area (Å²) in [5.41, 5.74) is 0. The van der Waals surface area contributed by atoms with Crippen molar-refractivity contribution in [1.29, 1.82) is 0 Å². The van der Waals surface area contributed by atoms with Crippen LogP contribution in [0.5, 0.6) is 0 Å². The van der Waals surface area contributed by atoms with Crippen LogP contribution in [0.2, 0.25) is 0 Å². The van der Waals surface area contributed by atoms with Crippen LogP contribution in [0.3, 0.4) is 0 Å². The van der Waals surface area contributed by atoms with E-state index in [4.69, 9.17) is 4.74 Å². The summed E-state index contributed by atoms with van der Waals surface area (Å²) in [5.74, 6) is -2.76. The predicted octanol–water partition coefficient (Wildman–Crippen LogP) is 2.84. The Bertz CT molecular complexity index is 317. The van der Waals surface area contributed by atoms with E-state index in [1.165, 1.54) is 20.0 Å². The Morgan fingerprint density at radius 1 is 1.32 bits per heavy atom. The minimum absolute atomic E-state index is 0.00556. The molecule has 5 heteroatoms. The predicted molar refractivity (Wildman–Crippen MR) is 68.1 cm³/mol. The van der Waals surface area contributed by atoms with E-state index >= 15 is 0 Å². The van der Waals surface area contributed by atoms with Crippen molar-refractivity contribution in [3.05, 3.63) is 0 Å². The smallest absolute Gasteiger partial charge is 0.319 e. The van der Waals surface area contributed by atoms with E-state index in [2.05, 4.69) is 4.90 Å². The van der Waals surface area contributed by atoms with Crippen LogP contribution in [0.4, 0.5) is 8.78 Å². The van der Waals surface area contributed by atoms with E-state index in [0.29, 0.717) is 19.0 Å². The number of esters is 1. The molecule has 110 valence electrons. The number of carbonyl (C=O) groups excluding carboxylic acids is 1. The summed E-state index contributed by atoms with van der Waals surface area (Å²) in [4.78, 5) is 13.5. The van der Waals surface area contributed by atoms with Crippen LogP contribution in [0, 0.1) is 5.92 Å². The molecule has 2 rings (SSSR count). The third-order valence-corrected chi connectivity index (χ3v) is 4.40. The van der Waals surface area contributed by atoms with Crippen LogP contribution in [-0.4, -0.2) is 43.0 Å². The highest BCUT2D eigenvalue weighted by molar-refractivity contribution is 5.71. The fourth-order valence-electron chi connectivity index (χ4n) is 3.37. The first kappa shape index (κ1) is 14.7. The fourth-order valence-corrected chi connectivity index (χ4v) is 3.37. The summed E-state index contributed by atoms with van der Waals surface area (Å²) in [7, 11) is 1.37. The lowest BCUT2D eigenvalue weighted by Gasteiger charge is -2.30. The number of alkyl halides is 2. The molecule has 2 aliphatic carbocycles. The number of ether oxygens (including phenoxy) is 1. The van der Waals surface area contributed by atoms with Gasteiger partial charge in [-0.3, -0.25) is 9.69 Å². The summed E-state index contributed by atoms with van der Waals surface area (Å²) >= 11 is 0. The molecule has 0 bridgehead atoms. The molecule has 0 heterocycles. The second-order valence-corrected chi connectivity index (χ2v) is 5.91. The molecule has 0 aromatic carbocycles. The monoisotopic (exact) mass is 275 g/mol. The third-order valence-electron chi connectivity index (χ3n) is 4.40. The third kappa shape index (κ3) is 4.13. The molecule has 0 aliphatic heterocycles. The zero-order valence-electron chi connectivity index (χ0n) is 11.5. The van der Waals surface area contributed by atoms with Gasteiger partial charge in [0, 0.05) is 25.4 Å². The number of halogens is 2. The first-order chi connectivity index (χ1) is 9.00. The van der Waals surface area contributed by atoms with Crippen LogP contribution in [0.25, 0.3) is 0 Å². The van der Waals surface area contributed by atoms with Crippen LogP contribution in [0.15, 0.2) is 0 Å². The molecule has 0 N–H and O–H groups in total. The van der Waals surface area contributed by atoms with E-state index in [1.807, 2.05) is 0 Å². The number of hydrogen-bond acceptors (Lipinski definition) is 3. The maximum absolute atomic E-state index is 13.2. The summed E-state index contributed by atoms with van der Waals surface area (Å²) in [6.45, 7) is 0.846. The SMILES string of the molecule is COC(=O)CN(CC1CCC(F)(F)C1)C1CCCC1. The average molecular weight is 275 g/mol. The number of rotatable bonds is 5. The number of carbonyl (C=O) groups is 1. The molecule has 3 nitrogen and oxygen atoms in total. The van der Waals surface area contributed by atoms with Crippen molar-refractivity contribution in [3.63, 3.8) is 0 Å². The van der Waals surface area contributed by atoms with Gasteiger partial charge in [-0.05, 0) is 25.2 Å². The summed E-state index contributed by atoms with van der Waals surface area (Å²) in [6, 6.07) is 0.369. The van der Waals surface area contributed by atoms with Crippen molar-refractivity contribution in [1.82, 2.24) is 4.90 Å². The van der Waals surface area contributed by atoms with Gasteiger partial charge in [0.1, 0.15) is 0 Å². The molecule has 2 aliphatic rings. The van der Waals surface area contributed by atoms with Crippen molar-refractivity contribution >= 4 is 5.97 Å². The summed E-state index contributed by atoms with van der Waals surface area (Å²) < 4.78 is 31.2. The molecule has 0 saturated heterocycles. The highest BCUT2D eigenvalue weighted by Crippen LogP contribution is 2.39. The second-order valence-electron chi connectivity index (χ2n) is 5.91. The molecular formula is C14H23F2NO2. The zero-order valence-corrected chi connectivity index (χ0v) is 11.5. The Morgan fingerprint density at radius 2 is 2.00 bits per heavy atom. The molecule has 0 amide bonds. The normalized spacial score (nSPS) is 27.1. The molecule has 0 radical (unpaired) electrons. The van der Waals surface area contributed by atoms with Crippen LogP contribution in [0.1, 0.15) is 44.9 Å². The molecule has 19 heavy (non-hydrogen) atoms. The van der Waals surface area contributed by atoms with Gasteiger partial charge in [-0.25, -0.2) is 8.78 Å². The van der Waals surface area contributed by atoms with E-state index in [0.717, 1.165) is 12.8 Å². The molecule has 0 aromatic heterocycles. The average Bonchev–Trinajstić information content (AvgIpc) is 2.97. The van der Waals surface area contributed by atoms with Gasteiger partial charge in [0.15, 0.2) is 0 Å². The maximum Gasteiger partial charge on any atom is 0.319 e. The van der Waals surface area contributed by atoms with Gasteiger partial charge >= 0.3 is 5.97 Å². The molecule has 0 spiro atoms. The molecule has 2 saturated carbocycles. The van der Waals surface area contributed by atoms with Gasteiger partial charge in [-0.2, -0.15) is 0 Å². The Hall–Kier alpha value is -0.710. The second kappa shape index (κ2) is 6.16. The van der Waals surface area contributed by atoms with Crippen molar-refractivity contribution in [2.24, 2.45) is 5.92 Å². The largest absolute Gasteiger partial charge is 0.468 e. The van der Waals surface area contributed by atoms with Gasteiger partial charge in [-0.15, -0.1) is 0 Å². The van der Waals surface area contributed by atoms with E-state index in [-0.39, 0.29) is 31.3 Å². The van der Waals surface area contributed by atoms with Crippen molar-refractivity contribution in [2.45, 2.75) is 56.9 Å². The van der Waals surface area contributed by atoms with Crippen molar-refractivity contribution in [3.8, 4) is 0 Å². The van der Waals surface area contributed by atoms with Gasteiger partial charge in [0.05, 0.1) is 13.7 Å². The molecule has 2 fully saturated rings. The maximum atomic E-state index is 13.2. The number of methoxy groups -OCH3 is 1. The lowest BCUT2D eigenvalue weighted by Crippen LogP contribution is -2.41. The van der Waals surface area contributed by atoms with E-state index < -0.39 is 5.92 Å². The minimum atomic E-state index is -2.50. The zero-order chi connectivity index (χ0) is 13.9.